The number of rotatable bonds is 8. The van der Waals surface area contributed by atoms with Crippen LogP contribution < -0.4 is 4.74 Å². The first kappa shape index (κ1) is 24.6. The third-order valence-electron chi connectivity index (χ3n) is 6.31. The molecule has 1 N–H and O–H groups in total. The molecule has 2 aromatic carbocycles. The minimum Gasteiger partial charge on any atom is -0.507 e. The molecule has 7 nitrogen and oxygen atoms in total. The number of aryl methyl sites for hydroxylation is 1. The highest BCUT2D eigenvalue weighted by Gasteiger charge is 2.46. The Morgan fingerprint density at radius 1 is 1.17 bits per heavy atom. The molecule has 0 saturated carbocycles. The predicted molar refractivity (Wildman–Crippen MR) is 130 cm³/mol. The third-order valence-corrected chi connectivity index (χ3v) is 6.31. The lowest BCUT2D eigenvalue weighted by Crippen LogP contribution is -2.42. The van der Waals surface area contributed by atoms with E-state index in [2.05, 4.69) is 11.5 Å². The highest BCUT2D eigenvalue weighted by atomic mass is 19.1. The first-order chi connectivity index (χ1) is 16.9. The van der Waals surface area contributed by atoms with Crippen LogP contribution >= 0.6 is 0 Å². The number of aliphatic hydroxyl groups is 1. The number of Topliss-reactive ketones (excluding diaryl/α,β-unsaturated/α-hetero) is 1. The fraction of sp³-hybridized carbons (Fsp3) is 0.333. The van der Waals surface area contributed by atoms with Crippen molar-refractivity contribution in [2.24, 2.45) is 0 Å². The zero-order chi connectivity index (χ0) is 24.9. The summed E-state index contributed by atoms with van der Waals surface area (Å²) in [5, 5.41) is 11.3. The van der Waals surface area contributed by atoms with Gasteiger partial charge >= 0.3 is 0 Å². The molecule has 1 unspecified atom stereocenters. The maximum absolute atomic E-state index is 13.7. The van der Waals surface area contributed by atoms with E-state index >= 15 is 0 Å². The first-order valence-corrected chi connectivity index (χ1v) is 11.6. The molecular formula is C27H29FN2O5. The topological polar surface area (TPSA) is 79.3 Å². The van der Waals surface area contributed by atoms with Gasteiger partial charge in [-0.25, -0.2) is 4.39 Å². The van der Waals surface area contributed by atoms with Crippen LogP contribution in [0.5, 0.6) is 5.75 Å². The summed E-state index contributed by atoms with van der Waals surface area (Å²) >= 11 is 0. The zero-order valence-corrected chi connectivity index (χ0v) is 19.7. The van der Waals surface area contributed by atoms with Gasteiger partial charge in [0, 0.05) is 31.7 Å². The van der Waals surface area contributed by atoms with Crippen LogP contribution in [0.25, 0.3) is 5.76 Å². The van der Waals surface area contributed by atoms with Gasteiger partial charge in [0.25, 0.3) is 11.7 Å². The number of aliphatic hydroxyl groups excluding tert-OH is 1. The number of hydrogen-bond donors (Lipinski definition) is 1. The van der Waals surface area contributed by atoms with Crippen LogP contribution in [0.4, 0.5) is 4.39 Å². The van der Waals surface area contributed by atoms with E-state index < -0.39 is 23.5 Å². The summed E-state index contributed by atoms with van der Waals surface area (Å²) < 4.78 is 24.6. The van der Waals surface area contributed by atoms with Gasteiger partial charge in [0.05, 0.1) is 24.8 Å². The van der Waals surface area contributed by atoms with E-state index in [0.29, 0.717) is 48.8 Å². The SMILES string of the molecule is C=CCOc1ccc(/C(O)=C2/C(=O)C(=O)N(CCN3CCOCC3)C2c2ccc(F)cc2)c(C)c1. The Morgan fingerprint density at radius 2 is 1.89 bits per heavy atom. The Morgan fingerprint density at radius 3 is 2.54 bits per heavy atom. The van der Waals surface area contributed by atoms with Crippen LogP contribution in [0, 0.1) is 12.7 Å². The van der Waals surface area contributed by atoms with E-state index in [1.54, 1.807) is 43.3 Å². The van der Waals surface area contributed by atoms with Gasteiger partial charge < -0.3 is 19.5 Å². The van der Waals surface area contributed by atoms with E-state index in [-0.39, 0.29) is 17.9 Å². The molecule has 2 fully saturated rings. The molecule has 184 valence electrons. The lowest BCUT2D eigenvalue weighted by molar-refractivity contribution is -0.140. The number of hydrogen-bond acceptors (Lipinski definition) is 6. The number of likely N-dealkylation sites (tertiary alicyclic amines) is 1. The Bertz CT molecular complexity index is 1140. The summed E-state index contributed by atoms with van der Waals surface area (Å²) in [6.45, 7) is 9.31. The van der Waals surface area contributed by atoms with Crippen molar-refractivity contribution in [1.82, 2.24) is 9.80 Å². The molecule has 4 rings (SSSR count). The standard InChI is InChI=1S/C27H29FN2O5/c1-3-14-35-21-8-9-22(18(2)17-21)25(31)23-24(19-4-6-20(28)7-5-19)30(27(33)26(23)32)11-10-29-12-15-34-16-13-29/h3-9,17,24,31H,1,10-16H2,2H3/b25-23-. The van der Waals surface area contributed by atoms with Crippen molar-refractivity contribution >= 4 is 17.4 Å². The molecule has 0 aliphatic carbocycles. The van der Waals surface area contributed by atoms with Crippen LogP contribution in [0.1, 0.15) is 22.7 Å². The summed E-state index contributed by atoms with van der Waals surface area (Å²) in [6.07, 6.45) is 1.63. The number of nitrogens with zero attached hydrogens (tertiary/aromatic N) is 2. The smallest absolute Gasteiger partial charge is 0.295 e. The molecule has 2 aromatic rings. The van der Waals surface area contributed by atoms with E-state index in [4.69, 9.17) is 9.47 Å². The lowest BCUT2D eigenvalue weighted by atomic mass is 9.94. The second kappa shape index (κ2) is 10.8. The van der Waals surface area contributed by atoms with E-state index in [1.807, 2.05) is 0 Å². The van der Waals surface area contributed by atoms with Gasteiger partial charge in [-0.3, -0.25) is 14.5 Å². The molecule has 0 bridgehead atoms. The normalized spacial score (nSPS) is 20.3. The number of benzene rings is 2. The van der Waals surface area contributed by atoms with Crippen molar-refractivity contribution in [3.05, 3.63) is 83.2 Å². The average molecular weight is 481 g/mol. The van der Waals surface area contributed by atoms with E-state index in [0.717, 1.165) is 13.1 Å². The fourth-order valence-corrected chi connectivity index (χ4v) is 4.47. The summed E-state index contributed by atoms with van der Waals surface area (Å²) in [5.41, 5.74) is 1.65. The maximum Gasteiger partial charge on any atom is 0.295 e. The summed E-state index contributed by atoms with van der Waals surface area (Å²) in [4.78, 5) is 29.9. The molecule has 0 radical (unpaired) electrons. The van der Waals surface area contributed by atoms with Crippen molar-refractivity contribution in [3.63, 3.8) is 0 Å². The fourth-order valence-electron chi connectivity index (χ4n) is 4.47. The second-order valence-corrected chi connectivity index (χ2v) is 8.57. The van der Waals surface area contributed by atoms with Crippen molar-refractivity contribution in [3.8, 4) is 5.75 Å². The molecule has 0 aromatic heterocycles. The number of ether oxygens (including phenoxy) is 2. The number of halogens is 1. The molecule has 8 heteroatoms. The highest BCUT2D eigenvalue weighted by Crippen LogP contribution is 2.40. The first-order valence-electron chi connectivity index (χ1n) is 11.6. The summed E-state index contributed by atoms with van der Waals surface area (Å²) in [5.74, 6) is -1.53. The Hall–Kier alpha value is -3.49. The van der Waals surface area contributed by atoms with Crippen LogP contribution in [-0.2, 0) is 14.3 Å². The molecule has 1 atom stereocenters. The Labute approximate surface area is 204 Å². The van der Waals surface area contributed by atoms with Crippen molar-refractivity contribution in [2.45, 2.75) is 13.0 Å². The number of carbonyl (C=O) groups is 2. The maximum atomic E-state index is 13.7. The second-order valence-electron chi connectivity index (χ2n) is 8.57. The summed E-state index contributed by atoms with van der Waals surface area (Å²) in [6, 6.07) is 9.93. The molecule has 2 aliphatic heterocycles. The minimum absolute atomic E-state index is 0.00792. The predicted octanol–water partition coefficient (Wildman–Crippen LogP) is 3.45. The molecule has 0 spiro atoms. The molecule has 1 amide bonds. The van der Waals surface area contributed by atoms with Gasteiger partial charge in [0.15, 0.2) is 0 Å². The van der Waals surface area contributed by atoms with Gasteiger partial charge in [-0.15, -0.1) is 0 Å². The van der Waals surface area contributed by atoms with Gasteiger partial charge in [-0.1, -0.05) is 24.8 Å². The van der Waals surface area contributed by atoms with E-state index in [1.165, 1.54) is 17.0 Å². The lowest BCUT2D eigenvalue weighted by Gasteiger charge is -2.31. The summed E-state index contributed by atoms with van der Waals surface area (Å²) in [7, 11) is 0. The molecule has 35 heavy (non-hydrogen) atoms. The molecule has 2 aliphatic rings. The van der Waals surface area contributed by atoms with Crippen molar-refractivity contribution in [2.75, 3.05) is 46.0 Å². The van der Waals surface area contributed by atoms with Crippen LogP contribution in [0.3, 0.4) is 0 Å². The Balaban J connectivity index is 1.72. The van der Waals surface area contributed by atoms with Gasteiger partial charge in [0.2, 0.25) is 0 Å². The monoisotopic (exact) mass is 480 g/mol. The minimum atomic E-state index is -0.826. The average Bonchev–Trinajstić information content (AvgIpc) is 3.12. The van der Waals surface area contributed by atoms with E-state index in [9.17, 15) is 19.1 Å². The van der Waals surface area contributed by atoms with Crippen LogP contribution in [0.15, 0.2) is 60.7 Å². The quantitative estimate of drug-likeness (QED) is 0.270. The number of amides is 1. The zero-order valence-electron chi connectivity index (χ0n) is 19.7. The molecule has 2 heterocycles. The molecule has 2 saturated heterocycles. The highest BCUT2D eigenvalue weighted by molar-refractivity contribution is 6.46. The number of carbonyl (C=O) groups excluding carboxylic acids is 2. The number of ketones is 1. The van der Waals surface area contributed by atoms with Gasteiger partial charge in [0.1, 0.15) is 23.9 Å². The number of morpholine rings is 1. The van der Waals surface area contributed by atoms with Gasteiger partial charge in [-0.2, -0.15) is 0 Å². The van der Waals surface area contributed by atoms with Gasteiger partial charge in [-0.05, 0) is 48.4 Å². The largest absolute Gasteiger partial charge is 0.507 e. The Kier molecular flexibility index (Phi) is 7.63. The van der Waals surface area contributed by atoms with Crippen LogP contribution in [0.2, 0.25) is 0 Å². The van der Waals surface area contributed by atoms with Crippen molar-refractivity contribution in [1.29, 1.82) is 0 Å². The van der Waals surface area contributed by atoms with Crippen molar-refractivity contribution < 1.29 is 28.6 Å². The van der Waals surface area contributed by atoms with Crippen LogP contribution in [-0.4, -0.2) is 72.6 Å². The third kappa shape index (κ3) is 5.28. The molecular weight excluding hydrogens is 451 g/mol.